The number of fused-ring (bicyclic) bond motifs is 9. The maximum absolute atomic E-state index is 13.3. The fourth-order valence-corrected chi connectivity index (χ4v) is 14.4. The molecule has 0 aliphatic heterocycles. The molecule has 10 aromatic carbocycles. The number of benzene rings is 10. The van der Waals surface area contributed by atoms with Crippen LogP contribution in [0.3, 0.4) is 0 Å². The fourth-order valence-electron chi connectivity index (χ4n) is 11.6. The van der Waals surface area contributed by atoms with Crippen molar-refractivity contribution in [2.24, 2.45) is 0 Å². The number of nitrogens with zero attached hydrogens (tertiary/aromatic N) is 4. The van der Waals surface area contributed by atoms with Crippen molar-refractivity contribution in [1.29, 1.82) is 0 Å². The molecule has 14 aromatic rings. The van der Waals surface area contributed by atoms with Crippen molar-refractivity contribution in [3.63, 3.8) is 0 Å². The van der Waals surface area contributed by atoms with Gasteiger partial charge < -0.3 is 9.55 Å². The minimum atomic E-state index is -1.72. The molecule has 0 spiro atoms. The summed E-state index contributed by atoms with van der Waals surface area (Å²) in [6.07, 6.45) is 3.98. The van der Waals surface area contributed by atoms with E-state index in [1.54, 1.807) is 17.4 Å². The van der Waals surface area contributed by atoms with Gasteiger partial charge in [0.1, 0.15) is 0 Å². The third-order valence-corrected chi connectivity index (χ3v) is 19.2. The number of thiophene rings is 1. The van der Waals surface area contributed by atoms with Crippen molar-refractivity contribution in [2.75, 3.05) is 0 Å². The van der Waals surface area contributed by atoms with Gasteiger partial charge in [0.2, 0.25) is 0 Å². The quantitative estimate of drug-likeness (QED) is 0.0779. The third-order valence-electron chi connectivity index (χ3n) is 16.0. The SMILES string of the molecule is Cc1c[c-]c(-c2nc3c4ccccc4c4ccccc4c3n2-c2cc(-c3ccccc3)ccc2-c2ccccc2)c2sc3cc(-c4ccccc4)ncc3c12.[2H]C(C)(c1cc(-c2[c-]cc(F)cc2)ncc1[Si](C)(C)C)C(C)c1ccccc1.[Ir]. The summed E-state index contributed by atoms with van der Waals surface area (Å²) in [7, 11) is -1.72. The topological polar surface area (TPSA) is 43.6 Å². The first-order chi connectivity index (χ1) is 40.3. The molecule has 0 aliphatic rings. The van der Waals surface area contributed by atoms with Gasteiger partial charge in [-0.2, -0.15) is 11.3 Å². The van der Waals surface area contributed by atoms with Crippen LogP contribution in [0.4, 0.5) is 4.39 Å². The number of halogens is 1. The summed E-state index contributed by atoms with van der Waals surface area (Å²) < 4.78 is 27.4. The Morgan fingerprint density at radius 1 is 0.578 bits per heavy atom. The van der Waals surface area contributed by atoms with E-state index in [4.69, 9.17) is 9.97 Å². The van der Waals surface area contributed by atoms with Gasteiger partial charge in [0.15, 0.2) is 0 Å². The molecule has 14 rings (SSSR count). The van der Waals surface area contributed by atoms with Gasteiger partial charge in [-0.3, -0.25) is 14.4 Å². The molecule has 0 aliphatic carbocycles. The van der Waals surface area contributed by atoms with Crippen LogP contribution in [0.2, 0.25) is 19.6 Å². The molecule has 1 radical (unpaired) electrons. The van der Waals surface area contributed by atoms with E-state index in [1.807, 2.05) is 49.6 Å². The number of imidazole rings is 1. The van der Waals surface area contributed by atoms with E-state index in [9.17, 15) is 5.76 Å². The van der Waals surface area contributed by atoms with Gasteiger partial charge in [-0.15, -0.1) is 47.5 Å². The summed E-state index contributed by atoms with van der Waals surface area (Å²) in [6, 6.07) is 83.9. The number of hydrogen-bond acceptors (Lipinski definition) is 4. The van der Waals surface area contributed by atoms with Gasteiger partial charge in [-0.1, -0.05) is 245 Å². The van der Waals surface area contributed by atoms with Gasteiger partial charge in [0.25, 0.3) is 0 Å². The molecule has 0 saturated carbocycles. The number of rotatable bonds is 10. The van der Waals surface area contributed by atoms with Crippen LogP contribution in [0.15, 0.2) is 237 Å². The molecule has 4 aromatic heterocycles. The smallest absolute Gasteiger partial charge is 0.0859 e. The molecule has 0 saturated heterocycles. The van der Waals surface area contributed by atoms with Gasteiger partial charge >= 0.3 is 0 Å². The Morgan fingerprint density at radius 3 is 1.84 bits per heavy atom. The Morgan fingerprint density at radius 2 is 1.18 bits per heavy atom. The van der Waals surface area contributed by atoms with Crippen molar-refractivity contribution in [3.8, 4) is 61.8 Å². The summed E-state index contributed by atoms with van der Waals surface area (Å²) in [5.74, 6) is -0.261. The largest absolute Gasteiger partial charge is 0.332 e. The van der Waals surface area contributed by atoms with Crippen molar-refractivity contribution in [1.82, 2.24) is 19.5 Å². The average molecular weight is 1290 g/mol. The molecule has 4 heterocycles. The van der Waals surface area contributed by atoms with Gasteiger partial charge in [0, 0.05) is 72.0 Å². The maximum Gasteiger partial charge on any atom is 0.0859 e. The molecular formula is C75H59FIrN4SSi-2. The Labute approximate surface area is 504 Å². The fraction of sp³-hybridized carbons (Fsp3) is 0.107. The van der Waals surface area contributed by atoms with E-state index < -0.39 is 14.0 Å². The number of aryl methyl sites for hydroxylation is 1. The minimum absolute atomic E-state index is 0. The maximum atomic E-state index is 13.3. The van der Waals surface area contributed by atoms with Crippen LogP contribution in [0.5, 0.6) is 0 Å². The summed E-state index contributed by atoms with van der Waals surface area (Å²) in [4.78, 5) is 15.3. The zero-order valence-corrected chi connectivity index (χ0v) is 51.2. The van der Waals surface area contributed by atoms with E-state index in [1.165, 1.54) is 49.3 Å². The number of hydrogen-bond donors (Lipinski definition) is 0. The van der Waals surface area contributed by atoms with E-state index in [0.29, 0.717) is 0 Å². The van der Waals surface area contributed by atoms with Gasteiger partial charge in [-0.25, -0.2) is 0 Å². The van der Waals surface area contributed by atoms with Gasteiger partial charge in [0.05, 0.1) is 30.6 Å². The molecule has 4 nitrogen and oxygen atoms in total. The molecular weight excluding hydrogens is 1230 g/mol. The van der Waals surface area contributed by atoms with Crippen LogP contribution >= 0.6 is 11.3 Å². The molecule has 407 valence electrons. The Bertz CT molecular complexity index is 4720. The van der Waals surface area contributed by atoms with E-state index in [2.05, 4.69) is 231 Å². The third kappa shape index (κ3) is 10.5. The average Bonchev–Trinajstić information content (AvgIpc) is 1.66. The Balaban J connectivity index is 0.000000203. The van der Waals surface area contributed by atoms with Crippen molar-refractivity contribution in [2.45, 2.75) is 52.2 Å². The van der Waals surface area contributed by atoms with E-state index >= 15 is 0 Å². The summed E-state index contributed by atoms with van der Waals surface area (Å²) >= 11 is 1.80. The predicted molar refractivity (Wildman–Crippen MR) is 347 cm³/mol. The van der Waals surface area contributed by atoms with Gasteiger partial charge in [-0.05, 0) is 77.9 Å². The van der Waals surface area contributed by atoms with Crippen molar-refractivity contribution >= 4 is 77.3 Å². The zero-order valence-electron chi connectivity index (χ0n) is 48.0. The zero-order chi connectivity index (χ0) is 57.0. The standard InChI is InChI=1S/C51H32N3S.C24H27FNSi.Ir/c1-32-25-27-42(50-47(32)43-31-52-44(30-46(43)55-50)35-19-9-4-10-20-35)51-53-48-40-23-13-11-21-38(40)39-22-12-14-24-41(39)49(48)54(51)45-29-36(33-15-5-2-6-16-33)26-28-37(45)34-17-7-3-8-18-34;1-17(19-9-7-6-8-10-19)18(2)22-15-23(20-11-13-21(25)14-12-20)26-16-24(22)27(3,4)5;/h2-26,28-31H,1H3;6-11,13-18H,1-5H3;/q2*-1;/i;18D;. The minimum Gasteiger partial charge on any atom is -0.332 e. The monoisotopic (exact) mass is 1290 g/mol. The second-order valence-corrected chi connectivity index (χ2v) is 28.3. The summed E-state index contributed by atoms with van der Waals surface area (Å²) in [6.45, 7) is 13.1. The molecule has 83 heavy (non-hydrogen) atoms. The predicted octanol–water partition coefficient (Wildman–Crippen LogP) is 20.0. The molecule has 8 heteroatoms. The number of aromatic nitrogens is 4. The summed E-state index contributed by atoms with van der Waals surface area (Å²) in [5.41, 5.74) is 15.6. The Hall–Kier alpha value is -8.49. The van der Waals surface area contributed by atoms with Crippen molar-refractivity contribution in [3.05, 3.63) is 271 Å². The first kappa shape index (κ1) is 53.8. The van der Waals surface area contributed by atoms with E-state index in [0.717, 1.165) is 99.3 Å². The molecule has 0 amide bonds. The first-order valence-corrected chi connectivity index (χ1v) is 32.2. The first-order valence-electron chi connectivity index (χ1n) is 28.4. The second-order valence-electron chi connectivity index (χ2n) is 22.2. The molecule has 0 fully saturated rings. The second kappa shape index (κ2) is 23.0. The van der Waals surface area contributed by atoms with E-state index in [-0.39, 0.29) is 31.8 Å². The molecule has 0 bridgehead atoms. The molecule has 2 atom stereocenters. The van der Waals surface area contributed by atoms with Crippen LogP contribution in [0.1, 0.15) is 43.7 Å². The number of pyridine rings is 2. The van der Waals surface area contributed by atoms with Crippen LogP contribution in [0.25, 0.3) is 115 Å². The van der Waals surface area contributed by atoms with Crippen LogP contribution in [0, 0.1) is 24.9 Å². The normalized spacial score (nSPS) is 12.9. The molecule has 2 unspecified atom stereocenters. The van der Waals surface area contributed by atoms with Crippen LogP contribution < -0.4 is 5.19 Å². The van der Waals surface area contributed by atoms with Crippen molar-refractivity contribution < 1.29 is 25.9 Å². The van der Waals surface area contributed by atoms with Crippen LogP contribution in [-0.2, 0) is 20.1 Å². The van der Waals surface area contributed by atoms with Crippen LogP contribution in [-0.4, -0.2) is 27.6 Å². The summed E-state index contributed by atoms with van der Waals surface area (Å²) in [5, 5.41) is 8.25. The Kier molecular flexibility index (Phi) is 14.9. The molecule has 0 N–H and O–H groups in total.